The molecule has 0 saturated carbocycles. The molecule has 0 radical (unpaired) electrons. The molecule has 10 heteroatoms. The number of alkyl halides is 3. The number of aryl methyl sites for hydroxylation is 1. The van der Waals surface area contributed by atoms with Crippen molar-refractivity contribution >= 4 is 30.7 Å². The summed E-state index contributed by atoms with van der Waals surface area (Å²) in [7, 11) is 0. The second-order valence-electron chi connectivity index (χ2n) is 5.19. The molecule has 24 heavy (non-hydrogen) atoms. The fourth-order valence-corrected chi connectivity index (χ4v) is 2.45. The van der Waals surface area contributed by atoms with Gasteiger partial charge in [0.25, 0.3) is 5.91 Å². The number of carbonyl (C=O) groups is 1. The van der Waals surface area contributed by atoms with Crippen molar-refractivity contribution in [3.63, 3.8) is 0 Å². The number of hydrogen-bond donors (Lipinski definition) is 2. The first-order valence-corrected chi connectivity index (χ1v) is 7.11. The van der Waals surface area contributed by atoms with E-state index >= 15 is 0 Å². The minimum atomic E-state index is -4.38. The van der Waals surface area contributed by atoms with Crippen LogP contribution in [0.2, 0.25) is 0 Å². The predicted molar refractivity (Wildman–Crippen MR) is 90.1 cm³/mol. The third-order valence-electron chi connectivity index (χ3n) is 3.68. The van der Waals surface area contributed by atoms with Gasteiger partial charge in [0.1, 0.15) is 6.04 Å². The summed E-state index contributed by atoms with van der Waals surface area (Å²) in [5.41, 5.74) is 0.787. The third kappa shape index (κ3) is 6.08. The molecule has 1 amide bonds. The zero-order valence-electron chi connectivity index (χ0n) is 13.1. The largest absolute Gasteiger partial charge is 0.405 e. The summed E-state index contributed by atoms with van der Waals surface area (Å²) >= 11 is 0. The molecule has 0 spiro atoms. The van der Waals surface area contributed by atoms with Crippen LogP contribution >= 0.6 is 24.8 Å². The van der Waals surface area contributed by atoms with Gasteiger partial charge in [-0.25, -0.2) is 0 Å². The van der Waals surface area contributed by atoms with Crippen molar-refractivity contribution in [1.82, 2.24) is 20.5 Å². The average Bonchev–Trinajstić information content (AvgIpc) is 2.47. The van der Waals surface area contributed by atoms with Crippen molar-refractivity contribution in [1.29, 1.82) is 0 Å². The monoisotopic (exact) mass is 388 g/mol. The van der Waals surface area contributed by atoms with Gasteiger partial charge in [-0.15, -0.1) is 24.8 Å². The van der Waals surface area contributed by atoms with Crippen LogP contribution in [-0.2, 0) is 0 Å². The Morgan fingerprint density at radius 3 is 2.54 bits per heavy atom. The lowest BCUT2D eigenvalue weighted by Gasteiger charge is -2.35. The van der Waals surface area contributed by atoms with Crippen molar-refractivity contribution < 1.29 is 18.0 Å². The van der Waals surface area contributed by atoms with E-state index in [0.29, 0.717) is 37.4 Å². The summed E-state index contributed by atoms with van der Waals surface area (Å²) in [6.07, 6.45) is -2.85. The number of carbonyl (C=O) groups excluding carboxylic acids is 1. The van der Waals surface area contributed by atoms with Gasteiger partial charge in [-0.2, -0.15) is 13.2 Å². The van der Waals surface area contributed by atoms with Crippen molar-refractivity contribution in [2.45, 2.75) is 19.1 Å². The number of halogens is 5. The molecule has 1 fully saturated rings. The zero-order valence-corrected chi connectivity index (χ0v) is 14.7. The summed E-state index contributed by atoms with van der Waals surface area (Å²) in [6.45, 7) is 2.84. The van der Waals surface area contributed by atoms with E-state index in [-0.39, 0.29) is 24.8 Å². The van der Waals surface area contributed by atoms with Crippen LogP contribution in [0.15, 0.2) is 18.3 Å². The normalized spacial score (nSPS) is 16.5. The summed E-state index contributed by atoms with van der Waals surface area (Å²) in [5, 5.41) is 5.40. The van der Waals surface area contributed by atoms with E-state index in [1.165, 1.54) is 11.1 Å². The van der Waals surface area contributed by atoms with Crippen LogP contribution in [0.3, 0.4) is 0 Å². The quantitative estimate of drug-likeness (QED) is 0.825. The van der Waals surface area contributed by atoms with E-state index in [9.17, 15) is 18.0 Å². The first-order valence-electron chi connectivity index (χ1n) is 7.11. The Bertz CT molecular complexity index is 525. The smallest absolute Gasteiger partial charge is 0.350 e. The SMILES string of the molecule is Cc1ncccc1C(=O)NCC(N1CCNCC1)C(F)(F)F.Cl.Cl. The first kappa shape index (κ1) is 22.9. The maximum absolute atomic E-state index is 13.2. The number of piperazine rings is 1. The minimum Gasteiger partial charge on any atom is -0.350 e. The lowest BCUT2D eigenvalue weighted by molar-refractivity contribution is -0.183. The molecule has 1 saturated heterocycles. The van der Waals surface area contributed by atoms with E-state index < -0.39 is 24.7 Å². The minimum absolute atomic E-state index is 0. The zero-order chi connectivity index (χ0) is 16.2. The van der Waals surface area contributed by atoms with Crippen LogP contribution in [0, 0.1) is 6.92 Å². The Hall–Kier alpha value is -1.09. The number of rotatable bonds is 4. The van der Waals surface area contributed by atoms with Crippen molar-refractivity contribution in [2.75, 3.05) is 32.7 Å². The molecule has 5 nitrogen and oxygen atoms in total. The Morgan fingerprint density at radius 1 is 1.38 bits per heavy atom. The van der Waals surface area contributed by atoms with Gasteiger partial charge in [0.15, 0.2) is 0 Å². The molecule has 1 aliphatic heterocycles. The average molecular weight is 389 g/mol. The van der Waals surface area contributed by atoms with Crippen molar-refractivity contribution in [3.05, 3.63) is 29.6 Å². The molecule has 1 atom stereocenters. The highest BCUT2D eigenvalue weighted by Gasteiger charge is 2.43. The molecular weight excluding hydrogens is 368 g/mol. The molecule has 2 rings (SSSR count). The number of pyridine rings is 1. The lowest BCUT2D eigenvalue weighted by Crippen LogP contribution is -2.57. The van der Waals surface area contributed by atoms with E-state index in [4.69, 9.17) is 0 Å². The fraction of sp³-hybridized carbons (Fsp3) is 0.571. The topological polar surface area (TPSA) is 57.3 Å². The van der Waals surface area contributed by atoms with Gasteiger partial charge in [0.2, 0.25) is 0 Å². The molecule has 1 unspecified atom stereocenters. The summed E-state index contributed by atoms with van der Waals surface area (Å²) < 4.78 is 39.6. The molecule has 1 aliphatic rings. The number of aromatic nitrogens is 1. The standard InChI is InChI=1S/C14H19F3N4O.2ClH/c1-10-11(3-2-4-19-10)13(22)20-9-12(14(15,16)17)21-7-5-18-6-8-21;;/h2-4,12,18H,5-9H2,1H3,(H,20,22);2*1H. The van der Waals surface area contributed by atoms with Gasteiger partial charge in [-0.3, -0.25) is 14.7 Å². The molecule has 1 aromatic heterocycles. The van der Waals surface area contributed by atoms with E-state index in [1.54, 1.807) is 19.1 Å². The Kier molecular flexibility index (Phi) is 9.57. The summed E-state index contributed by atoms with van der Waals surface area (Å²) in [6, 6.07) is 1.46. The molecule has 2 N–H and O–H groups in total. The maximum atomic E-state index is 13.2. The van der Waals surface area contributed by atoms with E-state index in [0.717, 1.165) is 0 Å². The Balaban J connectivity index is 0.00000264. The molecule has 138 valence electrons. The Morgan fingerprint density at radius 2 is 2.00 bits per heavy atom. The second kappa shape index (κ2) is 10.0. The van der Waals surface area contributed by atoms with Crippen molar-refractivity contribution in [3.8, 4) is 0 Å². The maximum Gasteiger partial charge on any atom is 0.405 e. The van der Waals surface area contributed by atoms with Crippen LogP contribution in [0.1, 0.15) is 16.1 Å². The highest BCUT2D eigenvalue weighted by molar-refractivity contribution is 5.95. The van der Waals surface area contributed by atoms with Crippen LogP contribution in [-0.4, -0.2) is 60.7 Å². The molecule has 2 heterocycles. The van der Waals surface area contributed by atoms with E-state index in [1.807, 2.05) is 0 Å². The van der Waals surface area contributed by atoms with Gasteiger partial charge in [0, 0.05) is 44.6 Å². The van der Waals surface area contributed by atoms with Crippen LogP contribution < -0.4 is 10.6 Å². The van der Waals surface area contributed by atoms with Crippen LogP contribution in [0.4, 0.5) is 13.2 Å². The van der Waals surface area contributed by atoms with Crippen molar-refractivity contribution in [2.24, 2.45) is 0 Å². The number of nitrogens with zero attached hydrogens (tertiary/aromatic N) is 2. The Labute approximate surface area is 151 Å². The van der Waals surface area contributed by atoms with Gasteiger partial charge in [0.05, 0.1) is 5.56 Å². The number of hydrogen-bond acceptors (Lipinski definition) is 4. The number of nitrogens with one attached hydrogen (secondary N) is 2. The molecule has 0 bridgehead atoms. The predicted octanol–water partition coefficient (Wildman–Crippen LogP) is 1.80. The lowest BCUT2D eigenvalue weighted by atomic mass is 10.1. The molecular formula is C14H21Cl2F3N4O. The second-order valence-corrected chi connectivity index (χ2v) is 5.19. The van der Waals surface area contributed by atoms with Gasteiger partial charge in [-0.1, -0.05) is 0 Å². The molecule has 0 aromatic carbocycles. The van der Waals surface area contributed by atoms with Gasteiger partial charge < -0.3 is 10.6 Å². The van der Waals surface area contributed by atoms with E-state index in [2.05, 4.69) is 15.6 Å². The summed E-state index contributed by atoms with van der Waals surface area (Å²) in [4.78, 5) is 17.3. The number of amides is 1. The highest BCUT2D eigenvalue weighted by atomic mass is 35.5. The summed E-state index contributed by atoms with van der Waals surface area (Å²) in [5.74, 6) is -0.532. The van der Waals surface area contributed by atoms with Crippen LogP contribution in [0.5, 0.6) is 0 Å². The first-order chi connectivity index (χ1) is 10.4. The highest BCUT2D eigenvalue weighted by Crippen LogP contribution is 2.24. The molecule has 0 aliphatic carbocycles. The van der Waals surface area contributed by atoms with Gasteiger partial charge in [-0.05, 0) is 19.1 Å². The van der Waals surface area contributed by atoms with Gasteiger partial charge >= 0.3 is 6.18 Å². The molecule has 1 aromatic rings. The third-order valence-corrected chi connectivity index (χ3v) is 3.68. The fourth-order valence-electron chi connectivity index (χ4n) is 2.45. The van der Waals surface area contributed by atoms with Crippen LogP contribution in [0.25, 0.3) is 0 Å².